The molecule has 1 N–H and O–H groups in total. The largest absolute Gasteiger partial charge is 0.377 e. The molecule has 4 heteroatoms. The highest BCUT2D eigenvalue weighted by molar-refractivity contribution is 5.44. The number of nitrogens with zero attached hydrogens (tertiary/aromatic N) is 2. The number of hydrogen-bond acceptors (Lipinski definition) is 4. The van der Waals surface area contributed by atoms with Crippen molar-refractivity contribution >= 4 is 5.82 Å². The molecule has 2 rings (SSSR count). The van der Waals surface area contributed by atoms with Crippen LogP contribution in [0.25, 0.3) is 0 Å². The number of morpholine rings is 1. The Morgan fingerprint density at radius 3 is 2.80 bits per heavy atom. The number of aryl methyl sites for hydroxylation is 1. The van der Waals surface area contributed by atoms with Crippen molar-refractivity contribution in [3.05, 3.63) is 23.4 Å². The molecule has 1 aromatic heterocycles. The summed E-state index contributed by atoms with van der Waals surface area (Å²) in [6.45, 7) is 14.2. The highest BCUT2D eigenvalue weighted by Gasteiger charge is 2.20. The summed E-state index contributed by atoms with van der Waals surface area (Å²) in [4.78, 5) is 7.04. The van der Waals surface area contributed by atoms with Crippen LogP contribution in [0.15, 0.2) is 12.1 Å². The lowest BCUT2D eigenvalue weighted by Crippen LogP contribution is -2.44. The number of rotatable bonds is 3. The van der Waals surface area contributed by atoms with E-state index in [1.54, 1.807) is 0 Å². The summed E-state index contributed by atoms with van der Waals surface area (Å²) in [6, 6.07) is 4.75. The van der Waals surface area contributed by atoms with Crippen LogP contribution < -0.4 is 10.2 Å². The Hall–Kier alpha value is -1.13. The van der Waals surface area contributed by atoms with Crippen LogP contribution in [-0.4, -0.2) is 36.3 Å². The third-order valence-electron chi connectivity index (χ3n) is 3.48. The van der Waals surface area contributed by atoms with E-state index in [1.807, 2.05) is 0 Å². The molecule has 1 aliphatic rings. The Bertz CT molecular complexity index is 454. The summed E-state index contributed by atoms with van der Waals surface area (Å²) < 4.78 is 5.50. The van der Waals surface area contributed by atoms with Crippen molar-refractivity contribution < 1.29 is 4.74 Å². The first-order chi connectivity index (χ1) is 9.35. The average molecular weight is 277 g/mol. The van der Waals surface area contributed by atoms with Gasteiger partial charge in [0.05, 0.1) is 19.3 Å². The van der Waals surface area contributed by atoms with Gasteiger partial charge < -0.3 is 15.0 Å². The van der Waals surface area contributed by atoms with Gasteiger partial charge in [0.1, 0.15) is 5.82 Å². The topological polar surface area (TPSA) is 37.4 Å². The molecule has 20 heavy (non-hydrogen) atoms. The molecule has 0 radical (unpaired) electrons. The van der Waals surface area contributed by atoms with Crippen molar-refractivity contribution in [3.63, 3.8) is 0 Å². The number of hydrogen-bond donors (Lipinski definition) is 1. The molecule has 1 fully saturated rings. The minimum absolute atomic E-state index is 0.129. The number of pyridine rings is 1. The lowest BCUT2D eigenvalue weighted by Gasteiger charge is -2.34. The normalized spacial score (nSPS) is 20.2. The first-order valence-electron chi connectivity index (χ1n) is 7.42. The van der Waals surface area contributed by atoms with E-state index in [9.17, 15) is 0 Å². The third-order valence-corrected chi connectivity index (χ3v) is 3.48. The fourth-order valence-electron chi connectivity index (χ4n) is 2.40. The van der Waals surface area contributed by atoms with Crippen molar-refractivity contribution in [1.29, 1.82) is 0 Å². The highest BCUT2D eigenvalue weighted by Crippen LogP contribution is 2.20. The maximum Gasteiger partial charge on any atom is 0.129 e. The first kappa shape index (κ1) is 15.3. The van der Waals surface area contributed by atoms with Gasteiger partial charge >= 0.3 is 0 Å². The van der Waals surface area contributed by atoms with Crippen LogP contribution in [0.1, 0.15) is 39.0 Å². The van der Waals surface area contributed by atoms with Crippen LogP contribution in [-0.2, 0) is 11.3 Å². The van der Waals surface area contributed by atoms with Crippen molar-refractivity contribution in [2.75, 3.05) is 24.7 Å². The molecule has 0 saturated carbocycles. The fourth-order valence-corrected chi connectivity index (χ4v) is 2.40. The van der Waals surface area contributed by atoms with E-state index in [4.69, 9.17) is 9.72 Å². The van der Waals surface area contributed by atoms with Crippen LogP contribution in [0.2, 0.25) is 0 Å². The van der Waals surface area contributed by atoms with Crippen LogP contribution in [0, 0.1) is 6.92 Å². The lowest BCUT2D eigenvalue weighted by molar-refractivity contribution is 0.0985. The highest BCUT2D eigenvalue weighted by atomic mass is 16.5. The van der Waals surface area contributed by atoms with Gasteiger partial charge in [-0.3, -0.25) is 0 Å². The van der Waals surface area contributed by atoms with Gasteiger partial charge in [0, 0.05) is 24.3 Å². The SMILES string of the molecule is Cc1cc(CNC(C)(C)C)cc(N2CCOCC2C)n1. The van der Waals surface area contributed by atoms with Crippen LogP contribution in [0.3, 0.4) is 0 Å². The van der Waals surface area contributed by atoms with E-state index in [0.717, 1.165) is 37.8 Å². The van der Waals surface area contributed by atoms with Gasteiger partial charge in [-0.05, 0) is 52.3 Å². The molecular formula is C16H27N3O. The molecule has 2 heterocycles. The van der Waals surface area contributed by atoms with E-state index >= 15 is 0 Å². The van der Waals surface area contributed by atoms with Crippen molar-refractivity contribution in [2.45, 2.75) is 52.7 Å². The smallest absolute Gasteiger partial charge is 0.129 e. The quantitative estimate of drug-likeness (QED) is 0.921. The number of anilines is 1. The zero-order valence-electron chi connectivity index (χ0n) is 13.4. The van der Waals surface area contributed by atoms with Gasteiger partial charge in [-0.15, -0.1) is 0 Å². The van der Waals surface area contributed by atoms with E-state index in [1.165, 1.54) is 5.56 Å². The lowest BCUT2D eigenvalue weighted by atomic mass is 10.1. The van der Waals surface area contributed by atoms with E-state index < -0.39 is 0 Å². The van der Waals surface area contributed by atoms with Crippen molar-refractivity contribution in [2.24, 2.45) is 0 Å². The first-order valence-corrected chi connectivity index (χ1v) is 7.42. The van der Waals surface area contributed by atoms with E-state index in [-0.39, 0.29) is 5.54 Å². The number of nitrogens with one attached hydrogen (secondary N) is 1. The Kier molecular flexibility index (Phi) is 4.66. The molecule has 0 bridgehead atoms. The van der Waals surface area contributed by atoms with Crippen LogP contribution in [0.5, 0.6) is 0 Å². The van der Waals surface area contributed by atoms with Gasteiger partial charge in [0.2, 0.25) is 0 Å². The van der Waals surface area contributed by atoms with E-state index in [2.05, 4.69) is 57.0 Å². The van der Waals surface area contributed by atoms with E-state index in [0.29, 0.717) is 6.04 Å². The van der Waals surface area contributed by atoms with Gasteiger partial charge in [-0.1, -0.05) is 0 Å². The van der Waals surface area contributed by atoms with Gasteiger partial charge in [0.25, 0.3) is 0 Å². The molecular weight excluding hydrogens is 250 g/mol. The summed E-state index contributed by atoms with van der Waals surface area (Å²) >= 11 is 0. The minimum atomic E-state index is 0.129. The molecule has 112 valence electrons. The predicted octanol–water partition coefficient (Wildman–Crippen LogP) is 2.50. The average Bonchev–Trinajstić information content (AvgIpc) is 2.35. The zero-order chi connectivity index (χ0) is 14.8. The second kappa shape index (κ2) is 6.10. The van der Waals surface area contributed by atoms with Gasteiger partial charge in [-0.25, -0.2) is 4.98 Å². The second-order valence-corrected chi connectivity index (χ2v) is 6.70. The van der Waals surface area contributed by atoms with Gasteiger partial charge in [0.15, 0.2) is 0 Å². The summed E-state index contributed by atoms with van der Waals surface area (Å²) in [6.07, 6.45) is 0. The summed E-state index contributed by atoms with van der Waals surface area (Å²) in [5.41, 5.74) is 2.50. The van der Waals surface area contributed by atoms with Gasteiger partial charge in [-0.2, -0.15) is 0 Å². The maximum absolute atomic E-state index is 5.50. The molecule has 1 saturated heterocycles. The molecule has 0 spiro atoms. The molecule has 1 aromatic rings. The Balaban J connectivity index is 2.15. The Labute approximate surface area is 122 Å². The van der Waals surface area contributed by atoms with Crippen LogP contribution in [0.4, 0.5) is 5.82 Å². The number of ether oxygens (including phenoxy) is 1. The third kappa shape index (κ3) is 4.18. The van der Waals surface area contributed by atoms with Crippen molar-refractivity contribution in [1.82, 2.24) is 10.3 Å². The zero-order valence-corrected chi connectivity index (χ0v) is 13.4. The Morgan fingerprint density at radius 1 is 1.40 bits per heavy atom. The fraction of sp³-hybridized carbons (Fsp3) is 0.688. The molecule has 0 aliphatic carbocycles. The standard InChI is InChI=1S/C16H27N3O/c1-12-8-14(10-17-16(3,4)5)9-15(18-12)19-6-7-20-11-13(19)2/h8-9,13,17H,6-7,10-11H2,1-5H3. The minimum Gasteiger partial charge on any atom is -0.377 e. The monoisotopic (exact) mass is 277 g/mol. The molecule has 1 aliphatic heterocycles. The Morgan fingerprint density at radius 2 is 2.15 bits per heavy atom. The van der Waals surface area contributed by atoms with Crippen molar-refractivity contribution in [3.8, 4) is 0 Å². The predicted molar refractivity (Wildman–Crippen MR) is 83.2 cm³/mol. The summed E-state index contributed by atoms with van der Waals surface area (Å²) in [7, 11) is 0. The molecule has 1 atom stereocenters. The second-order valence-electron chi connectivity index (χ2n) is 6.70. The van der Waals surface area contributed by atoms with Crippen LogP contribution >= 0.6 is 0 Å². The summed E-state index contributed by atoms with van der Waals surface area (Å²) in [5, 5.41) is 3.54. The molecule has 4 nitrogen and oxygen atoms in total. The number of aromatic nitrogens is 1. The molecule has 0 amide bonds. The maximum atomic E-state index is 5.50. The molecule has 1 unspecified atom stereocenters. The molecule has 0 aromatic carbocycles. The summed E-state index contributed by atoms with van der Waals surface area (Å²) in [5.74, 6) is 1.08.